The summed E-state index contributed by atoms with van der Waals surface area (Å²) in [5, 5.41) is 2.85. The van der Waals surface area contributed by atoms with Crippen LogP contribution in [0.2, 0.25) is 0 Å². The van der Waals surface area contributed by atoms with Crippen molar-refractivity contribution < 1.29 is 48.3 Å². The Bertz CT molecular complexity index is 2120. The highest BCUT2D eigenvalue weighted by atomic mass is 127. The summed E-state index contributed by atoms with van der Waals surface area (Å²) in [5.74, 6) is -0.582. The summed E-state index contributed by atoms with van der Waals surface area (Å²) in [7, 11) is -13.1. The van der Waals surface area contributed by atoms with Gasteiger partial charge in [0.25, 0.3) is 30.4 Å². The second-order valence-corrected chi connectivity index (χ2v) is 17.8. The first-order valence-electron chi connectivity index (χ1n) is 15.1. The number of carbonyl (C=O) groups is 1. The van der Waals surface area contributed by atoms with E-state index in [-0.39, 0.29) is 28.7 Å². The maximum Gasteiger partial charge on any atom is 0.294 e. The monoisotopic (exact) mass is 848 g/mol. The number of hydrogen-bond donors (Lipinski definition) is 4. The number of nitrogens with zero attached hydrogens (tertiary/aromatic N) is 2. The third-order valence-corrected chi connectivity index (χ3v) is 11.8. The summed E-state index contributed by atoms with van der Waals surface area (Å²) in [6.45, 7) is 8.54. The molecular formula is C32H39IN3O10S3+. The van der Waals surface area contributed by atoms with Crippen LogP contribution < -0.4 is 10.2 Å². The van der Waals surface area contributed by atoms with E-state index in [1.807, 2.05) is 71.9 Å². The van der Waals surface area contributed by atoms with Crippen molar-refractivity contribution in [2.45, 2.75) is 54.7 Å². The van der Waals surface area contributed by atoms with Gasteiger partial charge in [0.1, 0.15) is 6.54 Å². The molecule has 0 aliphatic carbocycles. The Hall–Kier alpha value is -2.94. The number of alkyl halides is 1. The van der Waals surface area contributed by atoms with Crippen LogP contribution in [-0.4, -0.2) is 84.9 Å². The van der Waals surface area contributed by atoms with Crippen LogP contribution in [0.4, 0.5) is 11.4 Å². The average molecular weight is 849 g/mol. The van der Waals surface area contributed by atoms with Gasteiger partial charge in [0, 0.05) is 54.0 Å². The third kappa shape index (κ3) is 8.69. The Balaban J connectivity index is 1.70. The molecule has 17 heteroatoms. The Labute approximate surface area is 300 Å². The van der Waals surface area contributed by atoms with E-state index < -0.39 is 46.9 Å². The van der Waals surface area contributed by atoms with Crippen LogP contribution in [0.3, 0.4) is 0 Å². The van der Waals surface area contributed by atoms with Gasteiger partial charge in [-0.15, -0.1) is 0 Å². The van der Waals surface area contributed by atoms with E-state index in [0.717, 1.165) is 17.1 Å². The van der Waals surface area contributed by atoms with Crippen LogP contribution in [0.5, 0.6) is 0 Å². The van der Waals surface area contributed by atoms with Crippen molar-refractivity contribution in [1.82, 2.24) is 5.32 Å². The van der Waals surface area contributed by atoms with Crippen LogP contribution in [0.15, 0.2) is 82.3 Å². The van der Waals surface area contributed by atoms with E-state index in [0.29, 0.717) is 34.3 Å². The van der Waals surface area contributed by atoms with Crippen LogP contribution in [0.25, 0.3) is 0 Å². The van der Waals surface area contributed by atoms with Crippen molar-refractivity contribution in [2.24, 2.45) is 0 Å². The topological polar surface area (TPSA) is 198 Å². The molecule has 266 valence electrons. The van der Waals surface area contributed by atoms with Crippen molar-refractivity contribution in [3.8, 4) is 0 Å². The maximum absolute atomic E-state index is 11.9. The molecule has 2 aromatic carbocycles. The number of amides is 1. The fraction of sp³-hybridized carbons (Fsp3) is 0.375. The Morgan fingerprint density at radius 2 is 1.49 bits per heavy atom. The number of nitrogens with one attached hydrogen (secondary N) is 1. The summed E-state index contributed by atoms with van der Waals surface area (Å²) in [5.41, 5.74) is 2.77. The predicted molar refractivity (Wildman–Crippen MR) is 195 cm³/mol. The summed E-state index contributed by atoms with van der Waals surface area (Å²) in [6, 6.07) is 8.64. The van der Waals surface area contributed by atoms with E-state index in [2.05, 4.69) is 5.32 Å². The molecule has 0 bridgehead atoms. The van der Waals surface area contributed by atoms with Gasteiger partial charge in [0.2, 0.25) is 11.6 Å². The van der Waals surface area contributed by atoms with E-state index in [1.165, 1.54) is 24.3 Å². The molecule has 0 unspecified atom stereocenters. The molecule has 2 aliphatic heterocycles. The van der Waals surface area contributed by atoms with Gasteiger partial charge in [0.15, 0.2) is 5.71 Å². The number of fused-ring (bicyclic) bond motifs is 2. The number of halogens is 1. The minimum Gasteiger partial charge on any atom is -0.354 e. The number of allylic oxidation sites excluding steroid dienone is 6. The van der Waals surface area contributed by atoms with E-state index in [9.17, 15) is 43.7 Å². The minimum absolute atomic E-state index is 0.0940. The molecule has 4 rings (SSSR count). The molecule has 0 atom stereocenters. The van der Waals surface area contributed by atoms with Crippen molar-refractivity contribution in [2.75, 3.05) is 34.7 Å². The van der Waals surface area contributed by atoms with Crippen LogP contribution in [0, 0.1) is 0 Å². The van der Waals surface area contributed by atoms with Crippen molar-refractivity contribution in [1.29, 1.82) is 0 Å². The molecule has 1 amide bonds. The summed E-state index contributed by atoms with van der Waals surface area (Å²) in [4.78, 5) is 13.4. The smallest absolute Gasteiger partial charge is 0.294 e. The van der Waals surface area contributed by atoms with Crippen LogP contribution in [-0.2, 0) is 46.0 Å². The first kappa shape index (κ1) is 38.9. The molecule has 2 aliphatic rings. The lowest BCUT2D eigenvalue weighted by molar-refractivity contribution is -0.437. The highest BCUT2D eigenvalue weighted by molar-refractivity contribution is 14.1. The average Bonchev–Trinajstić information content (AvgIpc) is 3.33. The molecule has 0 radical (unpaired) electrons. The highest BCUT2D eigenvalue weighted by Crippen LogP contribution is 2.48. The third-order valence-electron chi connectivity index (χ3n) is 8.62. The molecular weight excluding hydrogens is 809 g/mol. The lowest BCUT2D eigenvalue weighted by atomic mass is 9.81. The first-order valence-corrected chi connectivity index (χ1v) is 21.1. The first-order chi connectivity index (χ1) is 22.6. The van der Waals surface area contributed by atoms with Crippen molar-refractivity contribution in [3.05, 3.63) is 83.6 Å². The van der Waals surface area contributed by atoms with E-state index in [4.69, 9.17) is 0 Å². The molecule has 49 heavy (non-hydrogen) atoms. The van der Waals surface area contributed by atoms with Gasteiger partial charge in [0.05, 0.1) is 25.4 Å². The number of rotatable bonds is 13. The molecule has 0 saturated carbocycles. The lowest BCUT2D eigenvalue weighted by Gasteiger charge is -2.27. The van der Waals surface area contributed by atoms with Gasteiger partial charge < -0.3 is 10.2 Å². The molecule has 0 fully saturated rings. The van der Waals surface area contributed by atoms with Crippen LogP contribution in [0.1, 0.15) is 45.2 Å². The SMILES string of the molecule is CC1(C)C(/C=C/C=C/C=C2\N(CCNC(=O)CI)c3ccc(S(=O)(=O)O)cc3C2(C)C)=[N+](CCCS(=O)(=O)O)c2ccc(S(=O)(=O)O)cc21. The predicted octanol–water partition coefficient (Wildman–Crippen LogP) is 4.18. The second kappa shape index (κ2) is 14.4. The minimum atomic E-state index is -4.48. The summed E-state index contributed by atoms with van der Waals surface area (Å²) < 4.78 is 101. The Morgan fingerprint density at radius 1 is 0.878 bits per heavy atom. The van der Waals surface area contributed by atoms with Gasteiger partial charge in [-0.2, -0.15) is 29.8 Å². The molecule has 13 nitrogen and oxygen atoms in total. The zero-order valence-corrected chi connectivity index (χ0v) is 31.9. The van der Waals surface area contributed by atoms with E-state index >= 15 is 0 Å². The van der Waals surface area contributed by atoms with Crippen LogP contribution >= 0.6 is 22.6 Å². The lowest BCUT2D eigenvalue weighted by Crippen LogP contribution is -2.35. The number of carbonyl (C=O) groups excluding carboxylic acids is 1. The molecule has 0 aromatic heterocycles. The standard InChI is InChI=1S/C32H38IN3O10S3/c1-31(2)24-19-22(48(41,42)43)11-13-26(24)35(16-8-18-47(38,39)40)28(31)9-6-5-7-10-29-32(3,4)25-20-23(49(44,45)46)12-14-27(25)36(29)17-15-34-30(37)21-33/h5-7,9-14,19-20H,8,15-18,21H2,1-4H3,(H3-,34,37,38,39,40,41,42,43,44,45,46)/p+1. The largest absolute Gasteiger partial charge is 0.354 e. The maximum atomic E-state index is 11.9. The fourth-order valence-electron chi connectivity index (χ4n) is 6.23. The molecule has 4 N–H and O–H groups in total. The quantitative estimate of drug-likeness (QED) is 0.0742. The van der Waals surface area contributed by atoms with Crippen molar-refractivity contribution in [3.63, 3.8) is 0 Å². The Morgan fingerprint density at radius 3 is 2.08 bits per heavy atom. The molecule has 2 aromatic rings. The molecule has 0 saturated heterocycles. The number of hydrogen-bond acceptors (Lipinski definition) is 8. The van der Waals surface area contributed by atoms with E-state index in [1.54, 1.807) is 30.4 Å². The molecule has 0 spiro atoms. The fourth-order valence-corrected chi connectivity index (χ4v) is 8.01. The number of benzene rings is 2. The van der Waals surface area contributed by atoms with Gasteiger partial charge in [-0.05, 0) is 55.8 Å². The number of anilines is 1. The zero-order valence-electron chi connectivity index (χ0n) is 27.3. The zero-order chi connectivity index (χ0) is 36.6. The Kier molecular flexibility index (Phi) is 11.4. The highest BCUT2D eigenvalue weighted by Gasteiger charge is 2.45. The van der Waals surface area contributed by atoms with Gasteiger partial charge in [-0.1, -0.05) is 54.7 Å². The van der Waals surface area contributed by atoms with Gasteiger partial charge in [-0.25, -0.2) is 0 Å². The summed E-state index contributed by atoms with van der Waals surface area (Å²) >= 11 is 1.97. The van der Waals surface area contributed by atoms with Gasteiger partial charge >= 0.3 is 0 Å². The second-order valence-electron chi connectivity index (χ2n) is 12.7. The normalized spacial score (nSPS) is 18.1. The summed E-state index contributed by atoms with van der Waals surface area (Å²) in [6.07, 6.45) is 9.14. The van der Waals surface area contributed by atoms with Gasteiger partial charge in [-0.3, -0.25) is 18.5 Å². The van der Waals surface area contributed by atoms with Crippen molar-refractivity contribution >= 4 is 75.9 Å². The molecule has 2 heterocycles.